The molecule has 0 spiro atoms. The number of nitrogens with zero attached hydrogens (tertiary/aromatic N) is 4. The van der Waals surface area contributed by atoms with Gasteiger partial charge in [-0.1, -0.05) is 6.92 Å². The summed E-state index contributed by atoms with van der Waals surface area (Å²) in [7, 11) is 2.20. The van der Waals surface area contributed by atoms with Crippen molar-refractivity contribution in [1.82, 2.24) is 25.0 Å². The van der Waals surface area contributed by atoms with Crippen LogP contribution in [0.2, 0.25) is 0 Å². The van der Waals surface area contributed by atoms with Crippen molar-refractivity contribution in [3.05, 3.63) is 24.5 Å². The maximum absolute atomic E-state index is 4.76. The molecular weight excluding hydrogens is 427 g/mol. The molecule has 7 heteroatoms. The van der Waals surface area contributed by atoms with E-state index in [0.29, 0.717) is 5.92 Å². The fourth-order valence-corrected chi connectivity index (χ4v) is 2.94. The van der Waals surface area contributed by atoms with Crippen molar-refractivity contribution in [2.45, 2.75) is 20.4 Å². The minimum absolute atomic E-state index is 0. The molecule has 0 bridgehead atoms. The molecule has 0 aliphatic carbocycles. The van der Waals surface area contributed by atoms with Crippen LogP contribution in [0.1, 0.15) is 13.8 Å². The first-order valence-corrected chi connectivity index (χ1v) is 9.21. The van der Waals surface area contributed by atoms with Crippen molar-refractivity contribution < 1.29 is 0 Å². The van der Waals surface area contributed by atoms with Crippen LogP contribution in [0, 0.1) is 5.92 Å². The van der Waals surface area contributed by atoms with E-state index in [9.17, 15) is 0 Å². The number of aromatic nitrogens is 1. The van der Waals surface area contributed by atoms with Crippen LogP contribution in [-0.2, 0) is 6.54 Å². The summed E-state index contributed by atoms with van der Waals surface area (Å²) in [5.41, 5.74) is 0. The van der Waals surface area contributed by atoms with Crippen LogP contribution >= 0.6 is 24.0 Å². The van der Waals surface area contributed by atoms with E-state index in [-0.39, 0.29) is 24.0 Å². The average molecular weight is 462 g/mol. The first kappa shape index (κ1) is 22.2. The molecule has 1 fully saturated rings. The van der Waals surface area contributed by atoms with Gasteiger partial charge in [-0.15, -0.1) is 24.0 Å². The van der Waals surface area contributed by atoms with Crippen molar-refractivity contribution in [1.29, 1.82) is 0 Å². The molecule has 144 valence electrons. The second-order valence-corrected chi connectivity index (χ2v) is 6.78. The predicted molar refractivity (Wildman–Crippen MR) is 117 cm³/mol. The summed E-state index contributed by atoms with van der Waals surface area (Å²) in [5, 5.41) is 6.76. The van der Waals surface area contributed by atoms with Crippen molar-refractivity contribution >= 4 is 29.9 Å². The molecule has 2 N–H and O–H groups in total. The number of guanidine groups is 1. The highest BCUT2D eigenvalue weighted by Gasteiger charge is 2.15. The second-order valence-electron chi connectivity index (χ2n) is 6.78. The average Bonchev–Trinajstić information content (AvgIpc) is 3.08. The molecule has 2 heterocycles. The molecule has 1 aromatic rings. The number of likely N-dealkylation sites (N-methyl/N-ethyl adjacent to an activating group) is 1. The third-order valence-electron chi connectivity index (χ3n) is 4.40. The number of rotatable bonds is 8. The van der Waals surface area contributed by atoms with E-state index in [4.69, 9.17) is 4.99 Å². The molecule has 1 unspecified atom stereocenters. The molecule has 1 aromatic heterocycles. The van der Waals surface area contributed by atoms with Crippen molar-refractivity contribution in [2.75, 3.05) is 59.4 Å². The van der Waals surface area contributed by atoms with Gasteiger partial charge in [-0.25, -0.2) is 0 Å². The summed E-state index contributed by atoms with van der Waals surface area (Å²) in [4.78, 5) is 9.72. The van der Waals surface area contributed by atoms with Gasteiger partial charge in [0.2, 0.25) is 0 Å². The van der Waals surface area contributed by atoms with E-state index < -0.39 is 0 Å². The Morgan fingerprint density at radius 2 is 1.80 bits per heavy atom. The fourth-order valence-electron chi connectivity index (χ4n) is 2.94. The molecule has 25 heavy (non-hydrogen) atoms. The SMILES string of the molecule is CCNC(=NCC(C)CN1CCN(C)CC1)NCCn1cccc1.I. The highest BCUT2D eigenvalue weighted by atomic mass is 127. The molecule has 0 amide bonds. The first-order valence-electron chi connectivity index (χ1n) is 9.21. The van der Waals surface area contributed by atoms with Gasteiger partial charge < -0.3 is 25.0 Å². The van der Waals surface area contributed by atoms with E-state index in [1.165, 1.54) is 26.2 Å². The lowest BCUT2D eigenvalue weighted by atomic mass is 10.1. The Morgan fingerprint density at radius 1 is 1.12 bits per heavy atom. The molecule has 0 saturated carbocycles. The molecule has 1 aliphatic heterocycles. The van der Waals surface area contributed by atoms with Gasteiger partial charge in [0.25, 0.3) is 0 Å². The molecule has 1 saturated heterocycles. The van der Waals surface area contributed by atoms with Crippen LogP contribution in [-0.4, -0.2) is 79.7 Å². The molecule has 1 aliphatic rings. The lowest BCUT2D eigenvalue weighted by molar-refractivity contribution is 0.140. The number of aliphatic imine (C=N–C) groups is 1. The summed E-state index contributed by atoms with van der Waals surface area (Å²) >= 11 is 0. The highest BCUT2D eigenvalue weighted by molar-refractivity contribution is 14.0. The van der Waals surface area contributed by atoms with Gasteiger partial charge in [-0.05, 0) is 32.0 Å². The minimum Gasteiger partial charge on any atom is -0.357 e. The molecule has 0 aromatic carbocycles. The minimum atomic E-state index is 0. The largest absolute Gasteiger partial charge is 0.357 e. The zero-order chi connectivity index (χ0) is 17.2. The molecule has 6 nitrogen and oxygen atoms in total. The van der Waals surface area contributed by atoms with Crippen molar-refractivity contribution in [3.63, 3.8) is 0 Å². The Balaban J connectivity index is 0.00000312. The predicted octanol–water partition coefficient (Wildman–Crippen LogP) is 1.54. The van der Waals surface area contributed by atoms with E-state index in [1.54, 1.807) is 0 Å². The maximum atomic E-state index is 4.76. The highest BCUT2D eigenvalue weighted by Crippen LogP contribution is 2.05. The normalized spacial score (nSPS) is 17.8. The van der Waals surface area contributed by atoms with Gasteiger partial charge in [-0.2, -0.15) is 0 Å². The summed E-state index contributed by atoms with van der Waals surface area (Å²) in [6, 6.07) is 4.11. The standard InChI is InChI=1S/C18H34N6.HI/c1-4-19-18(20-7-10-23-8-5-6-9-23)21-15-17(2)16-24-13-11-22(3)12-14-24;/h5-6,8-9,17H,4,7,10-16H2,1-3H3,(H2,19,20,21);1H. The lowest BCUT2D eigenvalue weighted by Gasteiger charge is -2.33. The Bertz CT molecular complexity index is 468. The molecule has 0 radical (unpaired) electrons. The van der Waals surface area contributed by atoms with Gasteiger partial charge in [0.15, 0.2) is 5.96 Å². The third kappa shape index (κ3) is 8.91. The third-order valence-corrected chi connectivity index (χ3v) is 4.40. The maximum Gasteiger partial charge on any atom is 0.191 e. The second kappa shape index (κ2) is 12.5. The molecular formula is C18H35IN6. The van der Waals surface area contributed by atoms with Crippen LogP contribution < -0.4 is 10.6 Å². The number of piperazine rings is 1. The lowest BCUT2D eigenvalue weighted by Crippen LogP contribution is -2.46. The Morgan fingerprint density at radius 3 is 2.44 bits per heavy atom. The van der Waals surface area contributed by atoms with Gasteiger partial charge in [0.1, 0.15) is 0 Å². The number of nitrogens with one attached hydrogen (secondary N) is 2. The van der Waals surface area contributed by atoms with Crippen LogP contribution in [0.3, 0.4) is 0 Å². The van der Waals surface area contributed by atoms with Gasteiger partial charge in [0, 0.05) is 71.3 Å². The molecule has 2 rings (SSSR count). The smallest absolute Gasteiger partial charge is 0.191 e. The van der Waals surface area contributed by atoms with E-state index in [0.717, 1.165) is 38.7 Å². The zero-order valence-corrected chi connectivity index (χ0v) is 18.3. The van der Waals surface area contributed by atoms with E-state index in [2.05, 4.69) is 70.4 Å². The van der Waals surface area contributed by atoms with Crippen LogP contribution in [0.15, 0.2) is 29.5 Å². The number of hydrogen-bond acceptors (Lipinski definition) is 3. The van der Waals surface area contributed by atoms with Crippen LogP contribution in [0.5, 0.6) is 0 Å². The van der Waals surface area contributed by atoms with Crippen molar-refractivity contribution in [2.24, 2.45) is 10.9 Å². The van der Waals surface area contributed by atoms with Crippen LogP contribution in [0.25, 0.3) is 0 Å². The Kier molecular flexibility index (Phi) is 11.2. The number of hydrogen-bond donors (Lipinski definition) is 2. The van der Waals surface area contributed by atoms with Gasteiger partial charge >= 0.3 is 0 Å². The van der Waals surface area contributed by atoms with Crippen molar-refractivity contribution in [3.8, 4) is 0 Å². The Hall–Kier alpha value is -0.800. The Labute approximate surface area is 170 Å². The summed E-state index contributed by atoms with van der Waals surface area (Å²) in [6.07, 6.45) is 4.17. The van der Waals surface area contributed by atoms with E-state index in [1.807, 2.05) is 0 Å². The van der Waals surface area contributed by atoms with E-state index >= 15 is 0 Å². The quantitative estimate of drug-likeness (QED) is 0.350. The number of halogens is 1. The first-order chi connectivity index (χ1) is 11.7. The summed E-state index contributed by atoms with van der Waals surface area (Å²) in [6.45, 7) is 13.9. The summed E-state index contributed by atoms with van der Waals surface area (Å²) < 4.78 is 2.17. The fraction of sp³-hybridized carbons (Fsp3) is 0.722. The van der Waals surface area contributed by atoms with Crippen LogP contribution in [0.4, 0.5) is 0 Å². The zero-order valence-electron chi connectivity index (χ0n) is 15.9. The monoisotopic (exact) mass is 462 g/mol. The molecule has 1 atom stereocenters. The summed E-state index contributed by atoms with van der Waals surface area (Å²) in [5.74, 6) is 1.50. The van der Waals surface area contributed by atoms with Gasteiger partial charge in [0.05, 0.1) is 0 Å². The topological polar surface area (TPSA) is 47.8 Å². The van der Waals surface area contributed by atoms with Gasteiger partial charge in [-0.3, -0.25) is 4.99 Å².